The summed E-state index contributed by atoms with van der Waals surface area (Å²) in [7, 11) is 1.28. The van der Waals surface area contributed by atoms with Crippen molar-refractivity contribution in [3.63, 3.8) is 0 Å². The molecule has 0 bridgehead atoms. The highest BCUT2D eigenvalue weighted by Crippen LogP contribution is 2.17. The highest BCUT2D eigenvalue weighted by molar-refractivity contribution is 6.22. The zero-order valence-corrected chi connectivity index (χ0v) is 10.3. The van der Waals surface area contributed by atoms with Crippen LogP contribution in [0.5, 0.6) is 0 Å². The molecule has 6 nitrogen and oxygen atoms in total. The summed E-state index contributed by atoms with van der Waals surface area (Å²) in [6.07, 6.45) is 1.36. The molecule has 1 aromatic carbocycles. The summed E-state index contributed by atoms with van der Waals surface area (Å²) in [4.78, 5) is 31.0. The van der Waals surface area contributed by atoms with E-state index >= 15 is 0 Å². The van der Waals surface area contributed by atoms with Crippen molar-refractivity contribution >= 4 is 23.9 Å². The summed E-state index contributed by atoms with van der Waals surface area (Å²) in [5.74, 6) is -1.67. The summed E-state index contributed by atoms with van der Waals surface area (Å²) in [6, 6.07) is 9.18. The van der Waals surface area contributed by atoms with Gasteiger partial charge in [0, 0.05) is 11.8 Å². The molecule has 1 aliphatic heterocycles. The lowest BCUT2D eigenvalue weighted by molar-refractivity contribution is -0.142. The van der Waals surface area contributed by atoms with Gasteiger partial charge in [0.25, 0.3) is 0 Å². The van der Waals surface area contributed by atoms with Gasteiger partial charge in [0.15, 0.2) is 0 Å². The largest absolute Gasteiger partial charge is 0.468 e. The zero-order chi connectivity index (χ0) is 13.7. The molecular formula is C13H12N2O4. The van der Waals surface area contributed by atoms with Gasteiger partial charge in [-0.25, -0.2) is 4.79 Å². The van der Waals surface area contributed by atoms with E-state index < -0.39 is 17.9 Å². The Morgan fingerprint density at radius 1 is 1.47 bits per heavy atom. The lowest BCUT2D eigenvalue weighted by Gasteiger charge is -2.03. The molecule has 0 fully saturated rings. The highest BCUT2D eigenvalue weighted by Gasteiger charge is 2.32. The lowest BCUT2D eigenvalue weighted by Crippen LogP contribution is -2.21. The van der Waals surface area contributed by atoms with Crippen LogP contribution in [0.25, 0.3) is 0 Å². The van der Waals surface area contributed by atoms with Crippen molar-refractivity contribution in [2.24, 2.45) is 16.1 Å². The Balaban J connectivity index is 2.12. The molecule has 0 radical (unpaired) electrons. The van der Waals surface area contributed by atoms with Gasteiger partial charge < -0.3 is 9.57 Å². The first-order chi connectivity index (χ1) is 9.22. The van der Waals surface area contributed by atoms with Crippen molar-refractivity contribution in [1.29, 1.82) is 0 Å². The molecular weight excluding hydrogens is 248 g/mol. The Morgan fingerprint density at radius 3 is 2.89 bits per heavy atom. The molecule has 0 aliphatic carbocycles. The van der Waals surface area contributed by atoms with Crippen molar-refractivity contribution < 1.29 is 19.2 Å². The maximum absolute atomic E-state index is 11.6. The van der Waals surface area contributed by atoms with Crippen LogP contribution in [0.2, 0.25) is 0 Å². The van der Waals surface area contributed by atoms with Crippen LogP contribution >= 0.6 is 0 Å². The fourth-order valence-electron chi connectivity index (χ4n) is 1.59. The van der Waals surface area contributed by atoms with E-state index in [2.05, 4.69) is 19.7 Å². The molecule has 2 rings (SSSR count). The van der Waals surface area contributed by atoms with Gasteiger partial charge in [-0.2, -0.15) is 0 Å². The van der Waals surface area contributed by atoms with Crippen LogP contribution in [-0.2, 0) is 19.2 Å². The van der Waals surface area contributed by atoms with Gasteiger partial charge >= 0.3 is 11.9 Å². The number of hydrogen-bond donors (Lipinski definition) is 0. The van der Waals surface area contributed by atoms with E-state index in [4.69, 9.17) is 0 Å². The number of carbonyl (C=O) groups excluding carboxylic acids is 2. The number of oxime groups is 1. The molecule has 6 heteroatoms. The SMILES string of the molecule is COC(=O)CN=CC1C(=O)ON=C1c1ccccc1. The molecule has 0 aromatic heterocycles. The minimum Gasteiger partial charge on any atom is -0.468 e. The first-order valence-corrected chi connectivity index (χ1v) is 5.63. The molecule has 98 valence electrons. The lowest BCUT2D eigenvalue weighted by atomic mass is 9.98. The molecule has 19 heavy (non-hydrogen) atoms. The van der Waals surface area contributed by atoms with Crippen LogP contribution in [0.1, 0.15) is 5.56 Å². The Bertz CT molecular complexity index is 537. The maximum atomic E-state index is 11.6. The van der Waals surface area contributed by atoms with Crippen molar-refractivity contribution in [1.82, 2.24) is 0 Å². The molecule has 0 amide bonds. The monoisotopic (exact) mass is 260 g/mol. The number of rotatable bonds is 4. The second-order valence-corrected chi connectivity index (χ2v) is 3.80. The molecule has 1 aromatic rings. The van der Waals surface area contributed by atoms with Crippen LogP contribution in [0.15, 0.2) is 40.5 Å². The van der Waals surface area contributed by atoms with E-state index in [1.165, 1.54) is 13.3 Å². The number of benzene rings is 1. The van der Waals surface area contributed by atoms with Crippen molar-refractivity contribution in [2.45, 2.75) is 0 Å². The predicted octanol–water partition coefficient (Wildman–Crippen LogP) is 0.807. The predicted molar refractivity (Wildman–Crippen MR) is 67.9 cm³/mol. The first kappa shape index (κ1) is 12.9. The molecule has 1 atom stereocenters. The fraction of sp³-hybridized carbons (Fsp3) is 0.231. The summed E-state index contributed by atoms with van der Waals surface area (Å²) >= 11 is 0. The number of esters is 1. The van der Waals surface area contributed by atoms with Gasteiger partial charge in [-0.3, -0.25) is 9.79 Å². The topological polar surface area (TPSA) is 77.3 Å². The van der Waals surface area contributed by atoms with E-state index in [9.17, 15) is 9.59 Å². The van der Waals surface area contributed by atoms with Gasteiger partial charge in [-0.15, -0.1) is 0 Å². The number of methoxy groups -OCH3 is 1. The Morgan fingerprint density at radius 2 is 2.21 bits per heavy atom. The van der Waals surface area contributed by atoms with Gasteiger partial charge in [0.2, 0.25) is 0 Å². The highest BCUT2D eigenvalue weighted by atomic mass is 16.7. The Hall–Kier alpha value is -2.50. The average molecular weight is 260 g/mol. The quantitative estimate of drug-likeness (QED) is 0.456. The van der Waals surface area contributed by atoms with Gasteiger partial charge in [-0.1, -0.05) is 35.5 Å². The smallest absolute Gasteiger partial charge is 0.349 e. The number of ether oxygens (including phenoxy) is 1. The molecule has 0 N–H and O–H groups in total. The van der Waals surface area contributed by atoms with Crippen LogP contribution < -0.4 is 0 Å². The molecule has 1 aliphatic rings. The van der Waals surface area contributed by atoms with E-state index in [-0.39, 0.29) is 6.54 Å². The zero-order valence-electron chi connectivity index (χ0n) is 10.3. The normalized spacial score (nSPS) is 18.3. The number of aliphatic imine (C=N–C) groups is 1. The van der Waals surface area contributed by atoms with Gasteiger partial charge in [0.1, 0.15) is 18.2 Å². The van der Waals surface area contributed by atoms with Crippen LogP contribution in [0.3, 0.4) is 0 Å². The number of hydrogen-bond acceptors (Lipinski definition) is 6. The maximum Gasteiger partial charge on any atom is 0.349 e. The second-order valence-electron chi connectivity index (χ2n) is 3.80. The van der Waals surface area contributed by atoms with Gasteiger partial charge in [0.05, 0.1) is 7.11 Å². The summed E-state index contributed by atoms with van der Waals surface area (Å²) in [5.41, 5.74) is 1.27. The van der Waals surface area contributed by atoms with Crippen LogP contribution in [0.4, 0.5) is 0 Å². The van der Waals surface area contributed by atoms with Gasteiger partial charge in [-0.05, 0) is 0 Å². The minimum atomic E-state index is -0.688. The first-order valence-electron chi connectivity index (χ1n) is 5.63. The fourth-order valence-corrected chi connectivity index (χ4v) is 1.59. The summed E-state index contributed by atoms with van der Waals surface area (Å²) in [6.45, 7) is -0.137. The van der Waals surface area contributed by atoms with Crippen molar-refractivity contribution in [2.75, 3.05) is 13.7 Å². The second kappa shape index (κ2) is 5.90. The summed E-state index contributed by atoms with van der Waals surface area (Å²) in [5, 5.41) is 3.75. The number of carbonyl (C=O) groups is 2. The van der Waals surface area contributed by atoms with Crippen LogP contribution in [-0.4, -0.2) is 37.5 Å². The third-order valence-electron chi connectivity index (χ3n) is 2.55. The van der Waals surface area contributed by atoms with Crippen LogP contribution in [0, 0.1) is 5.92 Å². The molecule has 0 spiro atoms. The Labute approximate surface area is 109 Å². The Kier molecular flexibility index (Phi) is 4.02. The van der Waals surface area contributed by atoms with Crippen molar-refractivity contribution in [3.05, 3.63) is 35.9 Å². The van der Waals surface area contributed by atoms with E-state index in [0.29, 0.717) is 5.71 Å². The van der Waals surface area contributed by atoms with E-state index in [0.717, 1.165) is 5.56 Å². The standard InChI is InChI=1S/C13H12N2O4/c1-18-11(16)8-14-7-10-12(15-19-13(10)17)9-5-3-2-4-6-9/h2-7,10H,8H2,1H3. The third kappa shape index (κ3) is 3.04. The summed E-state index contributed by atoms with van der Waals surface area (Å²) < 4.78 is 4.45. The minimum absolute atomic E-state index is 0.137. The third-order valence-corrected chi connectivity index (χ3v) is 2.55. The number of nitrogens with zero attached hydrogens (tertiary/aromatic N) is 2. The van der Waals surface area contributed by atoms with Crippen molar-refractivity contribution in [3.8, 4) is 0 Å². The van der Waals surface area contributed by atoms with E-state index in [1.54, 1.807) is 0 Å². The molecule has 1 unspecified atom stereocenters. The molecule has 0 saturated carbocycles. The molecule has 0 saturated heterocycles. The average Bonchev–Trinajstić information content (AvgIpc) is 2.81. The van der Waals surface area contributed by atoms with E-state index in [1.807, 2.05) is 30.3 Å². The molecule has 1 heterocycles.